The van der Waals surface area contributed by atoms with Gasteiger partial charge < -0.3 is 4.57 Å². The average Bonchev–Trinajstić information content (AvgIpc) is 3.45. The first-order valence-corrected chi connectivity index (χ1v) is 15.7. The molecule has 0 radical (unpaired) electrons. The van der Waals surface area contributed by atoms with Crippen molar-refractivity contribution in [2.75, 3.05) is 0 Å². The Kier molecular flexibility index (Phi) is 6.85. The smallest absolute Gasteiger partial charge is 0.0541 e. The molecule has 45 heavy (non-hydrogen) atoms. The Labute approximate surface area is 264 Å². The molecule has 0 spiro atoms. The van der Waals surface area contributed by atoms with E-state index in [4.69, 9.17) is 0 Å². The molecule has 0 unspecified atom stereocenters. The minimum atomic E-state index is 0.888. The van der Waals surface area contributed by atoms with Crippen LogP contribution in [0.4, 0.5) is 0 Å². The van der Waals surface area contributed by atoms with E-state index in [0.717, 1.165) is 12.1 Å². The lowest BCUT2D eigenvalue weighted by molar-refractivity contribution is 1.17. The van der Waals surface area contributed by atoms with Gasteiger partial charge >= 0.3 is 0 Å². The van der Waals surface area contributed by atoms with Crippen LogP contribution >= 0.6 is 0 Å². The number of nitrogens with zero attached hydrogens (tertiary/aromatic N) is 1. The number of para-hydroxylation sites is 1. The van der Waals surface area contributed by atoms with E-state index in [2.05, 4.69) is 181 Å². The zero-order valence-corrected chi connectivity index (χ0v) is 25.3. The highest BCUT2D eigenvalue weighted by atomic mass is 15.0. The number of aromatic nitrogens is 1. The molecule has 7 aromatic rings. The van der Waals surface area contributed by atoms with E-state index < -0.39 is 0 Å². The molecule has 6 aromatic carbocycles. The summed E-state index contributed by atoms with van der Waals surface area (Å²) < 4.78 is 2.40. The fraction of sp³-hybridized carbons (Fsp3) is 0.0455. The Morgan fingerprint density at radius 1 is 0.511 bits per heavy atom. The number of rotatable bonds is 5. The number of allylic oxidation sites excluding steroid dienone is 4. The van der Waals surface area contributed by atoms with Crippen molar-refractivity contribution in [2.45, 2.75) is 13.3 Å². The van der Waals surface area contributed by atoms with Gasteiger partial charge in [0.25, 0.3) is 0 Å². The van der Waals surface area contributed by atoms with Crippen molar-refractivity contribution in [3.8, 4) is 16.8 Å². The van der Waals surface area contributed by atoms with Crippen molar-refractivity contribution in [3.63, 3.8) is 0 Å². The molecule has 0 bridgehead atoms. The van der Waals surface area contributed by atoms with Crippen LogP contribution in [-0.4, -0.2) is 4.57 Å². The van der Waals surface area contributed by atoms with Gasteiger partial charge in [0.05, 0.1) is 11.0 Å². The van der Waals surface area contributed by atoms with E-state index in [0.29, 0.717) is 0 Å². The molecular weight excluding hydrogens is 542 g/mol. The minimum Gasteiger partial charge on any atom is -0.309 e. The van der Waals surface area contributed by atoms with E-state index in [1.807, 2.05) is 0 Å². The zero-order valence-electron chi connectivity index (χ0n) is 25.3. The van der Waals surface area contributed by atoms with Crippen LogP contribution in [0.3, 0.4) is 0 Å². The van der Waals surface area contributed by atoms with E-state index in [1.54, 1.807) is 0 Å². The summed E-state index contributed by atoms with van der Waals surface area (Å²) in [6.07, 6.45) is 7.46. The van der Waals surface area contributed by atoms with Gasteiger partial charge in [0.2, 0.25) is 0 Å². The summed E-state index contributed by atoms with van der Waals surface area (Å²) in [6.45, 7) is 2.08. The van der Waals surface area contributed by atoms with Crippen LogP contribution in [0.5, 0.6) is 0 Å². The van der Waals surface area contributed by atoms with Crippen molar-refractivity contribution in [3.05, 3.63) is 197 Å². The number of hydrogen-bond donors (Lipinski definition) is 0. The molecule has 1 aliphatic carbocycles. The van der Waals surface area contributed by atoms with Crippen molar-refractivity contribution in [1.29, 1.82) is 0 Å². The van der Waals surface area contributed by atoms with Crippen molar-refractivity contribution >= 4 is 33.0 Å². The highest BCUT2D eigenvalue weighted by Crippen LogP contribution is 2.36. The van der Waals surface area contributed by atoms with Gasteiger partial charge in [-0.1, -0.05) is 140 Å². The van der Waals surface area contributed by atoms with Gasteiger partial charge in [0.15, 0.2) is 0 Å². The summed E-state index contributed by atoms with van der Waals surface area (Å²) in [4.78, 5) is 0. The molecule has 1 heteroatoms. The predicted octanol–water partition coefficient (Wildman–Crippen LogP) is 9.75. The molecule has 0 N–H and O–H groups in total. The Morgan fingerprint density at radius 3 is 1.89 bits per heavy atom. The fourth-order valence-corrected chi connectivity index (χ4v) is 6.94. The van der Waals surface area contributed by atoms with E-state index in [1.165, 1.54) is 71.2 Å². The third-order valence-corrected chi connectivity index (χ3v) is 9.02. The lowest BCUT2D eigenvalue weighted by Crippen LogP contribution is -2.33. The normalized spacial score (nSPS) is 14.1. The average molecular weight is 576 g/mol. The van der Waals surface area contributed by atoms with Gasteiger partial charge in [-0.05, 0) is 93.1 Å². The predicted molar refractivity (Wildman–Crippen MR) is 191 cm³/mol. The molecule has 214 valence electrons. The first kappa shape index (κ1) is 26.9. The molecule has 1 aromatic heterocycles. The molecule has 1 aliphatic rings. The van der Waals surface area contributed by atoms with Crippen LogP contribution < -0.4 is 10.4 Å². The van der Waals surface area contributed by atoms with Crippen LogP contribution in [0.25, 0.3) is 49.8 Å². The highest BCUT2D eigenvalue weighted by molar-refractivity contribution is 6.10. The van der Waals surface area contributed by atoms with Crippen LogP contribution in [-0.2, 0) is 0 Å². The van der Waals surface area contributed by atoms with Gasteiger partial charge in [-0.15, -0.1) is 0 Å². The van der Waals surface area contributed by atoms with E-state index >= 15 is 0 Å². The molecule has 1 nitrogen and oxygen atoms in total. The molecule has 0 amide bonds. The van der Waals surface area contributed by atoms with Crippen LogP contribution in [0.2, 0.25) is 0 Å². The van der Waals surface area contributed by atoms with Gasteiger partial charge in [-0.3, -0.25) is 0 Å². The minimum absolute atomic E-state index is 0.888. The molecular formula is C44H33N. The molecule has 0 atom stereocenters. The standard InChI is InChI=1S/C44H33N/c1-2-3-14-35-30-40(32-17-8-5-9-18-32)37-19-10-11-21-39(37)44(35)33-23-26-36(27-24-33)45-42-22-13-12-20-38(42)41-29-34(25-28-43(41)45)31-15-6-4-7-16-31/h2-29H,30H2,1H3/b3-2-,35-14+. The van der Waals surface area contributed by atoms with Crippen molar-refractivity contribution in [2.24, 2.45) is 0 Å². The number of fused-ring (bicyclic) bond motifs is 4. The SMILES string of the molecule is C/C=C\C=C1/CC(c2ccccc2)=c2ccccc2=C1c1ccc(-n2c3ccccc3c3cc(-c4ccccc4)ccc32)cc1. The maximum absolute atomic E-state index is 2.40. The van der Waals surface area contributed by atoms with E-state index in [-0.39, 0.29) is 0 Å². The Hall–Kier alpha value is -5.66. The topological polar surface area (TPSA) is 4.93 Å². The molecule has 0 saturated carbocycles. The van der Waals surface area contributed by atoms with Crippen LogP contribution in [0.15, 0.2) is 175 Å². The van der Waals surface area contributed by atoms with Crippen molar-refractivity contribution in [1.82, 2.24) is 4.57 Å². The Balaban J connectivity index is 1.31. The van der Waals surface area contributed by atoms with Gasteiger partial charge in [0, 0.05) is 16.5 Å². The second kappa shape index (κ2) is 11.4. The molecule has 0 fully saturated rings. The third kappa shape index (κ3) is 4.74. The summed E-state index contributed by atoms with van der Waals surface area (Å²) >= 11 is 0. The van der Waals surface area contributed by atoms with Gasteiger partial charge in [0.1, 0.15) is 0 Å². The second-order valence-corrected chi connectivity index (χ2v) is 11.7. The summed E-state index contributed by atoms with van der Waals surface area (Å²) in [7, 11) is 0. The maximum atomic E-state index is 2.40. The lowest BCUT2D eigenvalue weighted by atomic mass is 9.83. The summed E-state index contributed by atoms with van der Waals surface area (Å²) in [5, 5.41) is 5.14. The summed E-state index contributed by atoms with van der Waals surface area (Å²) in [5.41, 5.74) is 12.6. The third-order valence-electron chi connectivity index (χ3n) is 9.02. The lowest BCUT2D eigenvalue weighted by Gasteiger charge is -2.21. The maximum Gasteiger partial charge on any atom is 0.0541 e. The molecule has 0 aliphatic heterocycles. The van der Waals surface area contributed by atoms with Crippen LogP contribution in [0, 0.1) is 0 Å². The van der Waals surface area contributed by atoms with Gasteiger partial charge in [-0.2, -0.15) is 0 Å². The summed E-state index contributed by atoms with van der Waals surface area (Å²) in [6, 6.07) is 55.1. The molecule has 0 saturated heterocycles. The first-order chi connectivity index (χ1) is 22.3. The largest absolute Gasteiger partial charge is 0.309 e. The highest BCUT2D eigenvalue weighted by Gasteiger charge is 2.19. The monoisotopic (exact) mass is 575 g/mol. The molecule has 1 heterocycles. The number of hydrogen-bond acceptors (Lipinski definition) is 0. The number of benzene rings is 6. The van der Waals surface area contributed by atoms with Crippen molar-refractivity contribution < 1.29 is 0 Å². The molecule has 8 rings (SSSR count). The zero-order chi connectivity index (χ0) is 30.2. The second-order valence-electron chi connectivity index (χ2n) is 11.7. The van der Waals surface area contributed by atoms with Gasteiger partial charge in [-0.25, -0.2) is 0 Å². The Bertz CT molecular complexity index is 2370. The summed E-state index contributed by atoms with van der Waals surface area (Å²) in [5.74, 6) is 0. The van der Waals surface area contributed by atoms with Crippen LogP contribution in [0.1, 0.15) is 24.5 Å². The van der Waals surface area contributed by atoms with E-state index in [9.17, 15) is 0 Å². The first-order valence-electron chi connectivity index (χ1n) is 15.7. The quantitative estimate of drug-likeness (QED) is 0.193. The Morgan fingerprint density at radius 2 is 1.13 bits per heavy atom. The fourth-order valence-electron chi connectivity index (χ4n) is 6.94.